The summed E-state index contributed by atoms with van der Waals surface area (Å²) in [7, 11) is 10.2. The van der Waals surface area contributed by atoms with Crippen LogP contribution in [0, 0.1) is 0 Å². The highest BCUT2D eigenvalue weighted by Crippen LogP contribution is 2.54. The van der Waals surface area contributed by atoms with Gasteiger partial charge in [-0.25, -0.2) is 0 Å². The Labute approximate surface area is 327 Å². The fourth-order valence-corrected chi connectivity index (χ4v) is 9.07. The van der Waals surface area contributed by atoms with Crippen LogP contribution in [0.2, 0.25) is 0 Å². The number of quaternary nitrogens is 2. The highest BCUT2D eigenvalue weighted by Gasteiger charge is 2.48. The van der Waals surface area contributed by atoms with E-state index in [1.165, 1.54) is 0 Å². The number of ether oxygens (including phenoxy) is 6. The number of carboxylic acids is 2. The Morgan fingerprint density at radius 3 is 1.82 bits per heavy atom. The van der Waals surface area contributed by atoms with Crippen LogP contribution < -0.4 is 38.6 Å². The Balaban J connectivity index is 1.54. The number of aliphatic carboxylic acids is 2. The second kappa shape index (κ2) is 14.9. The molecule has 6 unspecified atom stereocenters. The average Bonchev–Trinajstić information content (AvgIpc) is 3.19. The largest absolute Gasteiger partial charge is 0.544 e. The van der Waals surface area contributed by atoms with Crippen molar-refractivity contribution in [1.29, 1.82) is 0 Å². The summed E-state index contributed by atoms with van der Waals surface area (Å²) in [5.41, 5.74) is 5.56. The van der Waals surface area contributed by atoms with Gasteiger partial charge in [0.2, 0.25) is 5.75 Å². The van der Waals surface area contributed by atoms with Crippen molar-refractivity contribution in [2.75, 3.05) is 55.6 Å². The fraction of sp³-hybridized carbons (Fsp3) is 0.409. The van der Waals surface area contributed by atoms with E-state index in [1.807, 2.05) is 74.8 Å². The molecular weight excluding hydrogens is 716 g/mol. The van der Waals surface area contributed by atoms with E-state index in [2.05, 4.69) is 0 Å². The molecule has 12 heteroatoms. The summed E-state index contributed by atoms with van der Waals surface area (Å²) in [6.07, 6.45) is 2.05. The van der Waals surface area contributed by atoms with E-state index in [0.29, 0.717) is 84.8 Å². The van der Waals surface area contributed by atoms with E-state index < -0.39 is 30.1 Å². The fourth-order valence-electron chi connectivity index (χ4n) is 9.07. The normalized spacial score (nSPS) is 23.5. The SMILES string of the molecule is COc1ccc2cc1Oc1ccc(cc1)CC1c3cc(c(OC)cc3CC[N+]1(C)C(C)C(=O)[O-])Oc1c(OC)c(OC)cc3c1C(C2)[N+](C)(C(C)C(=O)[O-])CC3. The van der Waals surface area contributed by atoms with Gasteiger partial charge in [0, 0.05) is 31.2 Å². The Morgan fingerprint density at radius 1 is 0.661 bits per heavy atom. The molecule has 4 heterocycles. The Morgan fingerprint density at radius 2 is 1.21 bits per heavy atom. The molecular formula is C44H50N2O10. The smallest absolute Gasteiger partial charge is 0.204 e. The van der Waals surface area contributed by atoms with Gasteiger partial charge in [0.25, 0.3) is 0 Å². The van der Waals surface area contributed by atoms with Crippen molar-refractivity contribution >= 4 is 11.9 Å². The standard InChI is InChI=1S/C44H50N2O10/c1-25(43(47)48)45(3)17-15-29-22-36(52-6)38-24-32(29)33(45)19-27-9-12-31(13-10-27)55-37-21-28(11-14-35(37)51-5)20-34-40-30(16-18-46(34,4)26(2)44(49)50)23-39(53-7)41(54-8)42(40)56-38/h9-14,21-26,33-34H,15-20H2,1-8H3. The molecule has 0 saturated heterocycles. The molecule has 4 aromatic carbocycles. The number of carbonyl (C=O) groups excluding carboxylic acids is 2. The van der Waals surface area contributed by atoms with E-state index in [0.717, 1.165) is 33.4 Å². The van der Waals surface area contributed by atoms with Gasteiger partial charge in [-0.1, -0.05) is 18.2 Å². The number of carboxylic acid groups (broad SMARTS) is 2. The first-order chi connectivity index (χ1) is 26.8. The molecule has 4 aliphatic heterocycles. The second-order valence-electron chi connectivity index (χ2n) is 15.6. The van der Waals surface area contributed by atoms with Crippen molar-refractivity contribution in [1.82, 2.24) is 0 Å². The quantitative estimate of drug-likeness (QED) is 0.237. The Hall–Kier alpha value is -5.46. The summed E-state index contributed by atoms with van der Waals surface area (Å²) >= 11 is 0. The van der Waals surface area contributed by atoms with E-state index in [-0.39, 0.29) is 15.0 Å². The number of methoxy groups -OCH3 is 4. The first kappa shape index (κ1) is 38.8. The number of hydrogen-bond donors (Lipinski definition) is 0. The van der Waals surface area contributed by atoms with Gasteiger partial charge >= 0.3 is 0 Å². The highest BCUT2D eigenvalue weighted by atomic mass is 16.5. The zero-order valence-corrected chi connectivity index (χ0v) is 33.3. The summed E-state index contributed by atoms with van der Waals surface area (Å²) in [5, 5.41) is 25.3. The molecule has 296 valence electrons. The number of carbonyl (C=O) groups is 2. The molecule has 12 nitrogen and oxygen atoms in total. The lowest BCUT2D eigenvalue weighted by Gasteiger charge is -2.50. The van der Waals surface area contributed by atoms with Crippen LogP contribution in [0.5, 0.6) is 46.0 Å². The van der Waals surface area contributed by atoms with Crippen LogP contribution >= 0.6 is 0 Å². The minimum Gasteiger partial charge on any atom is -0.544 e. The highest BCUT2D eigenvalue weighted by molar-refractivity contribution is 5.70. The summed E-state index contributed by atoms with van der Waals surface area (Å²) in [4.78, 5) is 25.3. The predicted molar refractivity (Wildman–Crippen MR) is 203 cm³/mol. The third-order valence-electron chi connectivity index (χ3n) is 12.9. The van der Waals surface area contributed by atoms with Crippen LogP contribution in [0.1, 0.15) is 59.3 Å². The minimum absolute atomic E-state index is 0.116. The molecule has 0 fully saturated rings. The van der Waals surface area contributed by atoms with Gasteiger partial charge in [0.1, 0.15) is 29.9 Å². The van der Waals surface area contributed by atoms with E-state index >= 15 is 0 Å². The van der Waals surface area contributed by atoms with Crippen LogP contribution in [0.4, 0.5) is 0 Å². The first-order valence-electron chi connectivity index (χ1n) is 19.0. The molecule has 6 bridgehead atoms. The third-order valence-corrected chi connectivity index (χ3v) is 12.9. The maximum atomic E-state index is 12.8. The third kappa shape index (κ3) is 6.54. The number of likely N-dealkylation sites (N-methyl/N-ethyl adjacent to an activating group) is 2. The molecule has 0 aliphatic carbocycles. The lowest BCUT2D eigenvalue weighted by molar-refractivity contribution is -0.956. The van der Waals surface area contributed by atoms with Crippen molar-refractivity contribution in [3.05, 3.63) is 94.0 Å². The van der Waals surface area contributed by atoms with Gasteiger partial charge in [0.15, 0.2) is 34.5 Å². The molecule has 56 heavy (non-hydrogen) atoms. The molecule has 0 amide bonds. The molecule has 8 rings (SSSR count). The van der Waals surface area contributed by atoms with Gasteiger partial charge < -0.3 is 57.2 Å². The van der Waals surface area contributed by atoms with E-state index in [4.69, 9.17) is 28.4 Å². The Bertz CT molecular complexity index is 2170. The number of hydrogen-bond acceptors (Lipinski definition) is 10. The summed E-state index contributed by atoms with van der Waals surface area (Å²) < 4.78 is 37.6. The van der Waals surface area contributed by atoms with Gasteiger partial charge in [-0.15, -0.1) is 0 Å². The molecule has 0 N–H and O–H groups in total. The Kier molecular flexibility index (Phi) is 10.3. The molecule has 6 atom stereocenters. The van der Waals surface area contributed by atoms with Gasteiger partial charge in [-0.2, -0.15) is 0 Å². The second-order valence-corrected chi connectivity index (χ2v) is 15.6. The average molecular weight is 767 g/mol. The molecule has 0 saturated carbocycles. The van der Waals surface area contributed by atoms with Gasteiger partial charge in [-0.05, 0) is 78.6 Å². The van der Waals surface area contributed by atoms with Crippen molar-refractivity contribution in [3.63, 3.8) is 0 Å². The van der Waals surface area contributed by atoms with Gasteiger partial charge in [-0.3, -0.25) is 0 Å². The zero-order chi connectivity index (χ0) is 40.1. The van der Waals surface area contributed by atoms with Crippen molar-refractivity contribution < 1.29 is 57.2 Å². The van der Waals surface area contributed by atoms with Crippen LogP contribution in [-0.4, -0.2) is 88.6 Å². The number of rotatable bonds is 8. The molecule has 0 aromatic heterocycles. The van der Waals surface area contributed by atoms with Gasteiger partial charge in [0.05, 0.1) is 73.1 Å². The van der Waals surface area contributed by atoms with Crippen LogP contribution in [-0.2, 0) is 35.3 Å². The molecule has 4 aromatic rings. The maximum absolute atomic E-state index is 12.8. The summed E-state index contributed by atoms with van der Waals surface area (Å²) in [6.45, 7) is 4.47. The molecule has 4 aliphatic rings. The van der Waals surface area contributed by atoms with Crippen LogP contribution in [0.15, 0.2) is 60.7 Å². The number of fused-ring (bicyclic) bond motifs is 2. The summed E-state index contributed by atoms with van der Waals surface area (Å²) in [5.74, 6) is 1.47. The number of benzene rings is 4. The van der Waals surface area contributed by atoms with Crippen molar-refractivity contribution in [2.45, 2.75) is 63.7 Å². The van der Waals surface area contributed by atoms with E-state index in [1.54, 1.807) is 42.3 Å². The monoisotopic (exact) mass is 766 g/mol. The lowest BCUT2D eigenvalue weighted by atomic mass is 9.84. The zero-order valence-electron chi connectivity index (χ0n) is 33.3. The van der Waals surface area contributed by atoms with Crippen LogP contribution in [0.25, 0.3) is 0 Å². The lowest BCUT2D eigenvalue weighted by Crippen LogP contribution is -2.62. The maximum Gasteiger partial charge on any atom is 0.204 e. The summed E-state index contributed by atoms with van der Waals surface area (Å²) in [6, 6.07) is 17.0. The topological polar surface area (TPSA) is 136 Å². The predicted octanol–water partition coefficient (Wildman–Crippen LogP) is 4.47. The minimum atomic E-state index is -1.16. The van der Waals surface area contributed by atoms with Crippen molar-refractivity contribution in [3.8, 4) is 46.0 Å². The van der Waals surface area contributed by atoms with Crippen LogP contribution in [0.3, 0.4) is 0 Å². The molecule has 0 spiro atoms. The first-order valence-corrected chi connectivity index (χ1v) is 19.0. The van der Waals surface area contributed by atoms with E-state index in [9.17, 15) is 19.8 Å². The molecule has 0 radical (unpaired) electrons. The van der Waals surface area contributed by atoms with Crippen molar-refractivity contribution in [2.24, 2.45) is 0 Å². The number of nitrogens with zero attached hydrogens (tertiary/aromatic N) is 2.